The molecule has 0 heterocycles. The Kier molecular flexibility index (Phi) is 4.42. The molecule has 0 saturated heterocycles. The van der Waals surface area contributed by atoms with Crippen LogP contribution in [0.2, 0.25) is 0 Å². The highest BCUT2D eigenvalue weighted by molar-refractivity contribution is 14.1. The number of hydrogen-bond acceptors (Lipinski definition) is 4. The average Bonchev–Trinajstić information content (AvgIpc) is 2.12. The van der Waals surface area contributed by atoms with Crippen LogP contribution in [0.15, 0.2) is 9.98 Å². The molecule has 0 amide bonds. The monoisotopic (exact) mass is 334 g/mol. The van der Waals surface area contributed by atoms with Crippen LogP contribution in [0.5, 0.6) is 0 Å². The van der Waals surface area contributed by atoms with E-state index in [-0.39, 0.29) is 14.9 Å². The second-order valence-corrected chi connectivity index (χ2v) is 7.47. The highest BCUT2D eigenvalue weighted by atomic mass is 127. The summed E-state index contributed by atoms with van der Waals surface area (Å²) in [5, 5.41) is 0. The molecule has 0 bridgehead atoms. The molecule has 1 rings (SSSR count). The number of halogens is 1. The number of hydrogen-bond donors (Lipinski definition) is 0. The lowest BCUT2D eigenvalue weighted by molar-refractivity contribution is 0.192. The minimum atomic E-state index is -0.0953. The fourth-order valence-corrected chi connectivity index (χ4v) is 4.31. The largest absolute Gasteiger partial charge is 0.235 e. The summed E-state index contributed by atoms with van der Waals surface area (Å²) in [4.78, 5) is 28.0. The molecule has 0 aromatic heterocycles. The van der Waals surface area contributed by atoms with Crippen LogP contribution in [-0.4, -0.2) is 28.2 Å². The van der Waals surface area contributed by atoms with Crippen molar-refractivity contribution in [2.75, 3.05) is 6.54 Å². The summed E-state index contributed by atoms with van der Waals surface area (Å²) in [6.07, 6.45) is 5.84. The first-order valence-electron chi connectivity index (χ1n) is 5.20. The van der Waals surface area contributed by atoms with E-state index in [2.05, 4.69) is 46.4 Å². The number of rotatable bonds is 3. The molecule has 0 aliphatic heterocycles. The zero-order chi connectivity index (χ0) is 12.2. The van der Waals surface area contributed by atoms with Crippen molar-refractivity contribution in [1.29, 1.82) is 0 Å². The van der Waals surface area contributed by atoms with Gasteiger partial charge in [-0.2, -0.15) is 0 Å². The minimum Gasteiger partial charge on any atom is -0.211 e. The molecular formula is C11H15IN2O2. The Balaban J connectivity index is 2.85. The van der Waals surface area contributed by atoms with E-state index >= 15 is 0 Å². The molecule has 88 valence electrons. The van der Waals surface area contributed by atoms with Gasteiger partial charge in [0.2, 0.25) is 12.2 Å². The molecule has 0 radical (unpaired) electrons. The molecule has 4 nitrogen and oxygen atoms in total. The number of carbonyl (C=O) groups excluding carboxylic acids is 2. The molecule has 1 fully saturated rings. The lowest BCUT2D eigenvalue weighted by Gasteiger charge is -2.42. The number of alkyl halides is 1. The zero-order valence-electron chi connectivity index (χ0n) is 9.49. The Hall–Kier alpha value is -0.510. The predicted octanol–water partition coefficient (Wildman–Crippen LogP) is 2.41. The molecule has 2 unspecified atom stereocenters. The van der Waals surface area contributed by atoms with Crippen molar-refractivity contribution < 1.29 is 9.59 Å². The highest BCUT2D eigenvalue weighted by Crippen LogP contribution is 2.47. The molecule has 0 N–H and O–H groups in total. The van der Waals surface area contributed by atoms with Crippen molar-refractivity contribution >= 4 is 34.8 Å². The second kappa shape index (κ2) is 5.21. The topological polar surface area (TPSA) is 58.9 Å². The van der Waals surface area contributed by atoms with Gasteiger partial charge in [0.1, 0.15) is 0 Å². The van der Waals surface area contributed by atoms with Crippen LogP contribution in [0.25, 0.3) is 0 Å². The van der Waals surface area contributed by atoms with Crippen LogP contribution in [0.3, 0.4) is 0 Å². The van der Waals surface area contributed by atoms with Gasteiger partial charge in [-0.05, 0) is 24.7 Å². The van der Waals surface area contributed by atoms with Gasteiger partial charge in [0.25, 0.3) is 0 Å². The molecule has 1 aliphatic carbocycles. The van der Waals surface area contributed by atoms with E-state index in [0.29, 0.717) is 6.54 Å². The molecule has 5 heteroatoms. The fourth-order valence-electron chi connectivity index (χ4n) is 2.59. The summed E-state index contributed by atoms with van der Waals surface area (Å²) in [6.45, 7) is 4.75. The fraction of sp³-hybridized carbons (Fsp3) is 0.818. The summed E-state index contributed by atoms with van der Waals surface area (Å²) < 4.78 is -0.0953. The molecule has 0 aromatic carbocycles. The Morgan fingerprint density at radius 1 is 1.31 bits per heavy atom. The van der Waals surface area contributed by atoms with E-state index in [1.54, 1.807) is 12.2 Å². The highest BCUT2D eigenvalue weighted by Gasteiger charge is 2.42. The van der Waals surface area contributed by atoms with Crippen molar-refractivity contribution in [1.82, 2.24) is 0 Å². The second-order valence-electron chi connectivity index (χ2n) is 5.18. The maximum absolute atomic E-state index is 10.3. The van der Waals surface area contributed by atoms with E-state index in [9.17, 15) is 9.59 Å². The zero-order valence-corrected chi connectivity index (χ0v) is 11.7. The van der Waals surface area contributed by atoms with Crippen LogP contribution < -0.4 is 0 Å². The van der Waals surface area contributed by atoms with Crippen molar-refractivity contribution in [2.24, 2.45) is 15.4 Å². The summed E-state index contributed by atoms with van der Waals surface area (Å²) >= 11 is 2.33. The van der Waals surface area contributed by atoms with Crippen LogP contribution >= 0.6 is 22.6 Å². The SMILES string of the molecule is CC1(C)CC(N=C=O)CC(I)(CN=C=O)C1. The number of nitrogens with zero attached hydrogens (tertiary/aromatic N) is 2. The standard InChI is InChI=1S/C11H15IN2O2/c1-10(2)3-9(14-8-16)4-11(12,5-10)6-13-7-15/h9H,3-6H2,1-2H3. The Labute approximate surface area is 109 Å². The summed E-state index contributed by atoms with van der Waals surface area (Å²) in [6, 6.07) is 0.00000189. The van der Waals surface area contributed by atoms with Gasteiger partial charge in [0, 0.05) is 3.42 Å². The van der Waals surface area contributed by atoms with E-state index in [1.807, 2.05) is 0 Å². The summed E-state index contributed by atoms with van der Waals surface area (Å²) in [5.74, 6) is 0. The van der Waals surface area contributed by atoms with Crippen molar-refractivity contribution in [3.05, 3.63) is 0 Å². The van der Waals surface area contributed by atoms with E-state index in [1.165, 1.54) is 0 Å². The molecule has 1 saturated carbocycles. The van der Waals surface area contributed by atoms with Gasteiger partial charge in [-0.15, -0.1) is 0 Å². The van der Waals surface area contributed by atoms with Crippen LogP contribution in [0.1, 0.15) is 33.1 Å². The first kappa shape index (κ1) is 13.6. The van der Waals surface area contributed by atoms with E-state index < -0.39 is 0 Å². The van der Waals surface area contributed by atoms with Crippen LogP contribution in [0, 0.1) is 5.41 Å². The smallest absolute Gasteiger partial charge is 0.211 e. The third-order valence-electron chi connectivity index (χ3n) is 2.85. The van der Waals surface area contributed by atoms with Gasteiger partial charge >= 0.3 is 0 Å². The lowest BCUT2D eigenvalue weighted by atomic mass is 9.70. The predicted molar refractivity (Wildman–Crippen MR) is 69.3 cm³/mol. The third-order valence-corrected chi connectivity index (χ3v) is 4.01. The number of isocyanates is 2. The van der Waals surface area contributed by atoms with Crippen molar-refractivity contribution in [2.45, 2.75) is 42.6 Å². The minimum absolute atomic E-state index is 0.00000189. The average molecular weight is 334 g/mol. The molecule has 16 heavy (non-hydrogen) atoms. The first-order valence-corrected chi connectivity index (χ1v) is 6.28. The van der Waals surface area contributed by atoms with Crippen LogP contribution in [-0.2, 0) is 9.59 Å². The maximum Gasteiger partial charge on any atom is 0.235 e. The van der Waals surface area contributed by atoms with Crippen LogP contribution in [0.4, 0.5) is 0 Å². The Morgan fingerprint density at radius 3 is 2.56 bits per heavy atom. The van der Waals surface area contributed by atoms with Gasteiger partial charge in [0.15, 0.2) is 0 Å². The van der Waals surface area contributed by atoms with E-state index in [4.69, 9.17) is 0 Å². The van der Waals surface area contributed by atoms with Gasteiger partial charge in [0.05, 0.1) is 12.6 Å². The van der Waals surface area contributed by atoms with Gasteiger partial charge in [-0.25, -0.2) is 19.6 Å². The third kappa shape index (κ3) is 3.81. The van der Waals surface area contributed by atoms with Gasteiger partial charge < -0.3 is 0 Å². The molecule has 0 aromatic rings. The quantitative estimate of drug-likeness (QED) is 0.344. The summed E-state index contributed by atoms with van der Waals surface area (Å²) in [7, 11) is 0. The molecule has 0 spiro atoms. The maximum atomic E-state index is 10.3. The first-order chi connectivity index (χ1) is 7.41. The molecule has 1 aliphatic rings. The molecular weight excluding hydrogens is 319 g/mol. The lowest BCUT2D eigenvalue weighted by Crippen LogP contribution is -2.42. The summed E-state index contributed by atoms with van der Waals surface area (Å²) in [5.41, 5.74) is 0.114. The normalized spacial score (nSPS) is 32.3. The Morgan fingerprint density at radius 2 is 2.00 bits per heavy atom. The molecule has 2 atom stereocenters. The van der Waals surface area contributed by atoms with Gasteiger partial charge in [-0.3, -0.25) is 0 Å². The van der Waals surface area contributed by atoms with Gasteiger partial charge in [-0.1, -0.05) is 36.4 Å². The number of aliphatic imine (C=N–C) groups is 2. The van der Waals surface area contributed by atoms with Crippen molar-refractivity contribution in [3.8, 4) is 0 Å². The van der Waals surface area contributed by atoms with Crippen molar-refractivity contribution in [3.63, 3.8) is 0 Å². The van der Waals surface area contributed by atoms with E-state index in [0.717, 1.165) is 19.3 Å². The Bertz CT molecular complexity index is 357.